The number of hydrogen-bond acceptors (Lipinski definition) is 5. The van der Waals surface area contributed by atoms with Gasteiger partial charge in [-0.3, -0.25) is 4.79 Å². The van der Waals surface area contributed by atoms with Crippen molar-refractivity contribution >= 4 is 11.7 Å². The Morgan fingerprint density at radius 3 is 2.34 bits per heavy atom. The summed E-state index contributed by atoms with van der Waals surface area (Å²) in [4.78, 5) is 26.3. The highest BCUT2D eigenvalue weighted by atomic mass is 19.4. The number of carbonyl (C=O) groups excluding carboxylic acids is 1. The number of nitrogens with zero attached hydrogens (tertiary/aromatic N) is 4. The van der Waals surface area contributed by atoms with Crippen molar-refractivity contribution in [2.45, 2.75) is 39.5 Å². The number of hydrogen-bond donors (Lipinski definition) is 0. The van der Waals surface area contributed by atoms with E-state index in [0.29, 0.717) is 55.5 Å². The fourth-order valence-corrected chi connectivity index (χ4v) is 4.64. The summed E-state index contributed by atoms with van der Waals surface area (Å²) < 4.78 is 45.7. The first-order valence-electron chi connectivity index (χ1n) is 12.8. The molecule has 1 fully saturated rings. The molecule has 202 valence electrons. The number of halogens is 3. The lowest BCUT2D eigenvalue weighted by atomic mass is 10.0. The molecule has 0 aliphatic carbocycles. The van der Waals surface area contributed by atoms with Crippen LogP contribution in [0, 0.1) is 5.92 Å². The molecular formula is C29H33F3N4O2. The third kappa shape index (κ3) is 6.69. The highest BCUT2D eigenvalue weighted by Gasteiger charge is 2.31. The van der Waals surface area contributed by atoms with Gasteiger partial charge in [-0.2, -0.15) is 13.2 Å². The Morgan fingerprint density at radius 1 is 1.00 bits per heavy atom. The average Bonchev–Trinajstić information content (AvgIpc) is 2.89. The van der Waals surface area contributed by atoms with Crippen LogP contribution in [0.5, 0.6) is 0 Å². The van der Waals surface area contributed by atoms with Gasteiger partial charge in [0.15, 0.2) is 5.82 Å². The van der Waals surface area contributed by atoms with Crippen LogP contribution in [0.25, 0.3) is 11.4 Å². The molecule has 9 heteroatoms. The Hall–Kier alpha value is -3.46. The smallest absolute Gasteiger partial charge is 0.378 e. The van der Waals surface area contributed by atoms with E-state index in [9.17, 15) is 18.0 Å². The van der Waals surface area contributed by atoms with Crippen LogP contribution in [0.15, 0.2) is 54.6 Å². The zero-order chi connectivity index (χ0) is 27.3. The SMILES string of the molecule is COCc1nc(-c2ccccc2)nc(N2CCN(C(=O)CC(C)C)CC2)c1Cc1cccc(C(F)(F)F)c1. The zero-order valence-electron chi connectivity index (χ0n) is 22.0. The van der Waals surface area contributed by atoms with Crippen LogP contribution in [0.1, 0.15) is 42.7 Å². The molecule has 1 saturated heterocycles. The third-order valence-electron chi connectivity index (χ3n) is 6.53. The lowest BCUT2D eigenvalue weighted by molar-refractivity contribution is -0.137. The molecule has 0 bridgehead atoms. The lowest BCUT2D eigenvalue weighted by Gasteiger charge is -2.37. The number of amides is 1. The van der Waals surface area contributed by atoms with Gasteiger partial charge in [0, 0.05) is 57.3 Å². The Kier molecular flexibility index (Phi) is 8.66. The Morgan fingerprint density at radius 2 is 1.71 bits per heavy atom. The first kappa shape index (κ1) is 27.6. The summed E-state index contributed by atoms with van der Waals surface area (Å²) >= 11 is 0. The summed E-state index contributed by atoms with van der Waals surface area (Å²) in [5.41, 5.74) is 2.02. The average molecular weight is 527 g/mol. The molecule has 0 atom stereocenters. The molecule has 0 N–H and O–H groups in total. The molecule has 2 heterocycles. The second-order valence-corrected chi connectivity index (χ2v) is 9.94. The first-order valence-corrected chi connectivity index (χ1v) is 12.8. The van der Waals surface area contributed by atoms with Crippen LogP contribution in [0.2, 0.25) is 0 Å². The molecular weight excluding hydrogens is 493 g/mol. The molecule has 38 heavy (non-hydrogen) atoms. The van der Waals surface area contributed by atoms with Crippen molar-refractivity contribution < 1.29 is 22.7 Å². The maximum Gasteiger partial charge on any atom is 0.416 e. The van der Waals surface area contributed by atoms with E-state index in [-0.39, 0.29) is 24.9 Å². The molecule has 4 rings (SSSR count). The highest BCUT2D eigenvalue weighted by Crippen LogP contribution is 2.32. The molecule has 1 aliphatic heterocycles. The Bertz CT molecular complexity index is 1240. The standard InChI is InChI=1S/C29H33F3N4O2/c1-20(2)16-26(37)35-12-14-36(15-13-35)28-24(18-21-8-7-11-23(17-21)29(30,31)32)25(19-38-3)33-27(34-28)22-9-5-4-6-10-22/h4-11,17,20H,12-16,18-19H2,1-3H3. The lowest BCUT2D eigenvalue weighted by Crippen LogP contribution is -2.49. The Balaban J connectivity index is 1.73. The monoisotopic (exact) mass is 526 g/mol. The predicted octanol–water partition coefficient (Wildman–Crippen LogP) is 5.59. The van der Waals surface area contributed by atoms with Gasteiger partial charge in [-0.1, -0.05) is 62.4 Å². The van der Waals surface area contributed by atoms with Crippen LogP contribution >= 0.6 is 0 Å². The second-order valence-electron chi connectivity index (χ2n) is 9.94. The van der Waals surface area contributed by atoms with E-state index in [4.69, 9.17) is 14.7 Å². The van der Waals surface area contributed by atoms with E-state index in [0.717, 1.165) is 17.2 Å². The van der Waals surface area contributed by atoms with E-state index >= 15 is 0 Å². The van der Waals surface area contributed by atoms with Crippen LogP contribution in [0.3, 0.4) is 0 Å². The number of benzene rings is 2. The van der Waals surface area contributed by atoms with E-state index in [1.54, 1.807) is 13.2 Å². The van der Waals surface area contributed by atoms with E-state index in [2.05, 4.69) is 4.90 Å². The molecule has 2 aromatic carbocycles. The minimum Gasteiger partial charge on any atom is -0.378 e. The molecule has 0 radical (unpaired) electrons. The van der Waals surface area contributed by atoms with Crippen LogP contribution in [0.4, 0.5) is 19.0 Å². The van der Waals surface area contributed by atoms with Crippen molar-refractivity contribution in [3.63, 3.8) is 0 Å². The van der Waals surface area contributed by atoms with Crippen LogP contribution < -0.4 is 4.90 Å². The van der Waals surface area contributed by atoms with Gasteiger partial charge in [0.25, 0.3) is 0 Å². The summed E-state index contributed by atoms with van der Waals surface area (Å²) in [5.74, 6) is 1.61. The molecule has 0 saturated carbocycles. The van der Waals surface area contributed by atoms with Crippen molar-refractivity contribution in [2.24, 2.45) is 5.92 Å². The summed E-state index contributed by atoms with van der Waals surface area (Å²) in [5, 5.41) is 0. The van der Waals surface area contributed by atoms with Gasteiger partial charge in [0.05, 0.1) is 17.9 Å². The minimum atomic E-state index is -4.43. The summed E-state index contributed by atoms with van der Waals surface area (Å²) in [7, 11) is 1.57. The number of rotatable bonds is 8. The maximum atomic E-state index is 13.4. The number of anilines is 1. The minimum absolute atomic E-state index is 0.136. The molecule has 1 aromatic heterocycles. The van der Waals surface area contributed by atoms with Gasteiger partial charge < -0.3 is 14.5 Å². The zero-order valence-corrected chi connectivity index (χ0v) is 22.0. The molecule has 0 unspecified atom stereocenters. The number of carbonyl (C=O) groups is 1. The van der Waals surface area contributed by atoms with Gasteiger partial charge in [0.1, 0.15) is 5.82 Å². The number of piperazine rings is 1. The molecule has 1 amide bonds. The van der Waals surface area contributed by atoms with Gasteiger partial charge in [-0.15, -0.1) is 0 Å². The number of methoxy groups -OCH3 is 1. The van der Waals surface area contributed by atoms with Crippen molar-refractivity contribution in [3.8, 4) is 11.4 Å². The van der Waals surface area contributed by atoms with E-state index in [1.807, 2.05) is 49.1 Å². The van der Waals surface area contributed by atoms with Gasteiger partial charge in [0.2, 0.25) is 5.91 Å². The fraction of sp³-hybridized carbons (Fsp3) is 0.414. The fourth-order valence-electron chi connectivity index (χ4n) is 4.64. The third-order valence-corrected chi connectivity index (χ3v) is 6.53. The van der Waals surface area contributed by atoms with Gasteiger partial charge >= 0.3 is 6.18 Å². The quantitative estimate of drug-likeness (QED) is 0.383. The van der Waals surface area contributed by atoms with E-state index < -0.39 is 11.7 Å². The van der Waals surface area contributed by atoms with Crippen molar-refractivity contribution in [1.29, 1.82) is 0 Å². The van der Waals surface area contributed by atoms with Crippen molar-refractivity contribution in [1.82, 2.24) is 14.9 Å². The number of ether oxygens (including phenoxy) is 1. The predicted molar refractivity (Wildman–Crippen MR) is 141 cm³/mol. The topological polar surface area (TPSA) is 58.6 Å². The highest BCUT2D eigenvalue weighted by molar-refractivity contribution is 5.76. The van der Waals surface area contributed by atoms with Gasteiger partial charge in [-0.25, -0.2) is 9.97 Å². The Labute approximate surface area is 221 Å². The summed E-state index contributed by atoms with van der Waals surface area (Å²) in [6.45, 7) is 6.48. The van der Waals surface area contributed by atoms with E-state index in [1.165, 1.54) is 12.1 Å². The first-order chi connectivity index (χ1) is 18.2. The maximum absolute atomic E-state index is 13.4. The second kappa shape index (κ2) is 11.9. The summed E-state index contributed by atoms with van der Waals surface area (Å²) in [6.07, 6.45) is -3.70. The molecule has 6 nitrogen and oxygen atoms in total. The normalized spacial score (nSPS) is 14.3. The van der Waals surface area contributed by atoms with Crippen LogP contribution in [-0.2, 0) is 28.7 Å². The van der Waals surface area contributed by atoms with Crippen molar-refractivity contribution in [2.75, 3.05) is 38.2 Å². The van der Waals surface area contributed by atoms with Crippen molar-refractivity contribution in [3.05, 3.63) is 77.0 Å². The largest absolute Gasteiger partial charge is 0.416 e. The summed E-state index contributed by atoms with van der Waals surface area (Å²) in [6, 6.07) is 14.9. The molecule has 1 aliphatic rings. The van der Waals surface area contributed by atoms with Crippen LogP contribution in [-0.4, -0.2) is 54.1 Å². The van der Waals surface area contributed by atoms with Gasteiger partial charge in [-0.05, 0) is 17.5 Å². The molecule has 0 spiro atoms. The molecule has 3 aromatic rings. The number of alkyl halides is 3. The number of aromatic nitrogens is 2.